The van der Waals surface area contributed by atoms with Crippen molar-refractivity contribution in [2.45, 2.75) is 0 Å². The van der Waals surface area contributed by atoms with Crippen LogP contribution in [0.15, 0.2) is 121 Å². The van der Waals surface area contributed by atoms with Gasteiger partial charge in [-0.1, -0.05) is 121 Å². The van der Waals surface area contributed by atoms with Crippen molar-refractivity contribution in [3.63, 3.8) is 0 Å². The molecule has 3 heteroatoms. The first-order chi connectivity index (χ1) is 17.3. The smallest absolute Gasteiger partial charge is 0.161 e. The lowest BCUT2D eigenvalue weighted by atomic mass is 10.00. The van der Waals surface area contributed by atoms with Gasteiger partial charge < -0.3 is 0 Å². The van der Waals surface area contributed by atoms with Crippen molar-refractivity contribution in [2.75, 3.05) is 0 Å². The van der Waals surface area contributed by atoms with Crippen LogP contribution in [0, 0.1) is 0 Å². The molecule has 2 aromatic heterocycles. The molecule has 0 radical (unpaired) electrons. The van der Waals surface area contributed by atoms with Crippen LogP contribution in [0.4, 0.5) is 0 Å². The van der Waals surface area contributed by atoms with Gasteiger partial charge in [0.15, 0.2) is 5.82 Å². The molecule has 0 amide bonds. The number of benzene rings is 5. The minimum Gasteiger partial charge on any atom is -0.227 e. The van der Waals surface area contributed by atoms with Gasteiger partial charge in [-0.3, -0.25) is 0 Å². The van der Waals surface area contributed by atoms with Crippen LogP contribution in [0.1, 0.15) is 0 Å². The Morgan fingerprint density at radius 2 is 1.09 bits per heavy atom. The second-order valence-corrected chi connectivity index (χ2v) is 9.65. The number of nitrogens with zero attached hydrogens (tertiary/aromatic N) is 2. The molecule has 164 valence electrons. The highest BCUT2D eigenvalue weighted by atomic mass is 32.1. The van der Waals surface area contributed by atoms with Gasteiger partial charge in [-0.2, -0.15) is 0 Å². The number of rotatable bonds is 3. The molecule has 0 aliphatic rings. The van der Waals surface area contributed by atoms with Gasteiger partial charge in [-0.15, -0.1) is 11.3 Å². The average molecular weight is 465 g/mol. The van der Waals surface area contributed by atoms with Crippen LogP contribution >= 0.6 is 11.3 Å². The molecule has 0 bridgehead atoms. The summed E-state index contributed by atoms with van der Waals surface area (Å²) in [6.07, 6.45) is 0. The topological polar surface area (TPSA) is 25.8 Å². The van der Waals surface area contributed by atoms with E-state index in [9.17, 15) is 0 Å². The van der Waals surface area contributed by atoms with Crippen LogP contribution in [0.2, 0.25) is 0 Å². The predicted octanol–water partition coefficient (Wildman–Crippen LogP) is 9.00. The summed E-state index contributed by atoms with van der Waals surface area (Å²) in [5.41, 5.74) is 5.52. The molecule has 2 nitrogen and oxygen atoms in total. The zero-order valence-corrected chi connectivity index (χ0v) is 19.7. The Morgan fingerprint density at radius 1 is 0.457 bits per heavy atom. The van der Waals surface area contributed by atoms with Gasteiger partial charge in [0.05, 0.1) is 5.69 Å². The van der Waals surface area contributed by atoms with Crippen molar-refractivity contribution < 1.29 is 0 Å². The first-order valence-electron chi connectivity index (χ1n) is 11.7. The van der Waals surface area contributed by atoms with E-state index in [2.05, 4.69) is 97.1 Å². The minimum atomic E-state index is 0.760. The van der Waals surface area contributed by atoms with Crippen molar-refractivity contribution in [3.8, 4) is 33.8 Å². The maximum absolute atomic E-state index is 5.14. The molecule has 5 aromatic carbocycles. The molecule has 35 heavy (non-hydrogen) atoms. The second kappa shape index (κ2) is 8.15. The van der Waals surface area contributed by atoms with E-state index in [4.69, 9.17) is 9.97 Å². The van der Waals surface area contributed by atoms with Crippen LogP contribution in [-0.4, -0.2) is 9.97 Å². The van der Waals surface area contributed by atoms with Gasteiger partial charge in [-0.05, 0) is 21.9 Å². The Hall–Kier alpha value is -4.34. The SMILES string of the molecule is c1ccc(-c2ccc(-c3nc(-c4ccccc4)nc4sc5c6ccccc6ccc5c34)cc2)cc1. The van der Waals surface area contributed by atoms with E-state index in [1.807, 2.05) is 24.3 Å². The third kappa shape index (κ3) is 3.40. The standard InChI is InChI=1S/C32H20N2S/c1-3-9-21(10-4-1)22-15-17-24(18-16-22)29-28-27-20-19-23-11-7-8-14-26(23)30(27)35-32(28)34-31(33-29)25-12-5-2-6-13-25/h1-20H. The zero-order valence-electron chi connectivity index (χ0n) is 18.8. The van der Waals surface area contributed by atoms with Gasteiger partial charge >= 0.3 is 0 Å². The van der Waals surface area contributed by atoms with Crippen molar-refractivity contribution in [1.82, 2.24) is 9.97 Å². The first kappa shape index (κ1) is 20.1. The Balaban J connectivity index is 1.51. The summed E-state index contributed by atoms with van der Waals surface area (Å²) < 4.78 is 1.26. The molecule has 2 heterocycles. The molecule has 0 spiro atoms. The average Bonchev–Trinajstić information content (AvgIpc) is 3.33. The molecular formula is C32H20N2S. The number of thiophene rings is 1. The van der Waals surface area contributed by atoms with E-state index in [1.54, 1.807) is 11.3 Å². The fourth-order valence-electron chi connectivity index (χ4n) is 4.78. The molecule has 0 unspecified atom stereocenters. The predicted molar refractivity (Wildman–Crippen MR) is 149 cm³/mol. The highest BCUT2D eigenvalue weighted by molar-refractivity contribution is 7.26. The quantitative estimate of drug-likeness (QED) is 0.261. The van der Waals surface area contributed by atoms with Crippen molar-refractivity contribution in [1.29, 1.82) is 0 Å². The molecule has 0 N–H and O–H groups in total. The van der Waals surface area contributed by atoms with Crippen LogP contribution in [0.3, 0.4) is 0 Å². The number of fused-ring (bicyclic) bond motifs is 5. The van der Waals surface area contributed by atoms with Crippen molar-refractivity contribution in [2.24, 2.45) is 0 Å². The molecule has 0 saturated heterocycles. The Labute approximate surface area is 207 Å². The van der Waals surface area contributed by atoms with Crippen LogP contribution in [-0.2, 0) is 0 Å². The first-order valence-corrected chi connectivity index (χ1v) is 12.5. The Kier molecular flexibility index (Phi) is 4.68. The summed E-state index contributed by atoms with van der Waals surface area (Å²) in [5.74, 6) is 0.760. The lowest BCUT2D eigenvalue weighted by molar-refractivity contribution is 1.24. The molecule has 0 aliphatic carbocycles. The van der Waals surface area contributed by atoms with E-state index in [0.29, 0.717) is 0 Å². The maximum atomic E-state index is 5.14. The fourth-order valence-corrected chi connectivity index (χ4v) is 5.99. The lowest BCUT2D eigenvalue weighted by Gasteiger charge is -2.09. The third-order valence-corrected chi connectivity index (χ3v) is 7.65. The summed E-state index contributed by atoms with van der Waals surface area (Å²) in [4.78, 5) is 11.2. The summed E-state index contributed by atoms with van der Waals surface area (Å²) in [6.45, 7) is 0. The van der Waals surface area contributed by atoms with Crippen LogP contribution in [0.25, 0.3) is 64.8 Å². The van der Waals surface area contributed by atoms with Crippen molar-refractivity contribution >= 4 is 42.4 Å². The second-order valence-electron chi connectivity index (χ2n) is 8.65. The molecule has 0 atom stereocenters. The van der Waals surface area contributed by atoms with Crippen LogP contribution in [0.5, 0.6) is 0 Å². The van der Waals surface area contributed by atoms with E-state index in [1.165, 1.54) is 32.0 Å². The number of aromatic nitrogens is 2. The Bertz CT molecular complexity index is 1820. The molecule has 0 saturated carbocycles. The molecule has 0 fully saturated rings. The highest BCUT2D eigenvalue weighted by Crippen LogP contribution is 2.42. The molecule has 0 aliphatic heterocycles. The normalized spacial score (nSPS) is 11.4. The van der Waals surface area contributed by atoms with Gasteiger partial charge in [0.1, 0.15) is 4.83 Å². The monoisotopic (exact) mass is 464 g/mol. The minimum absolute atomic E-state index is 0.760. The summed E-state index contributed by atoms with van der Waals surface area (Å²) in [7, 11) is 0. The van der Waals surface area contributed by atoms with Gasteiger partial charge in [0.2, 0.25) is 0 Å². The summed E-state index contributed by atoms with van der Waals surface area (Å²) in [6, 6.07) is 42.5. The number of hydrogen-bond acceptors (Lipinski definition) is 3. The Morgan fingerprint density at radius 3 is 1.86 bits per heavy atom. The van der Waals surface area contributed by atoms with Gasteiger partial charge in [0.25, 0.3) is 0 Å². The lowest BCUT2D eigenvalue weighted by Crippen LogP contribution is -1.93. The zero-order chi connectivity index (χ0) is 23.2. The van der Waals surface area contributed by atoms with Gasteiger partial charge in [-0.25, -0.2) is 9.97 Å². The fraction of sp³-hybridized carbons (Fsp3) is 0. The summed E-state index contributed by atoms with van der Waals surface area (Å²) in [5, 5.41) is 4.85. The van der Waals surface area contributed by atoms with Crippen molar-refractivity contribution in [3.05, 3.63) is 121 Å². The highest BCUT2D eigenvalue weighted by Gasteiger charge is 2.18. The third-order valence-electron chi connectivity index (χ3n) is 6.52. The molecule has 7 aromatic rings. The van der Waals surface area contributed by atoms with E-state index < -0.39 is 0 Å². The van der Waals surface area contributed by atoms with Gasteiger partial charge in [0, 0.05) is 26.6 Å². The van der Waals surface area contributed by atoms with E-state index >= 15 is 0 Å². The summed E-state index contributed by atoms with van der Waals surface area (Å²) >= 11 is 1.76. The van der Waals surface area contributed by atoms with E-state index in [0.717, 1.165) is 32.9 Å². The maximum Gasteiger partial charge on any atom is 0.161 e. The molecule has 7 rings (SSSR count). The largest absolute Gasteiger partial charge is 0.227 e. The molecular weight excluding hydrogens is 444 g/mol. The van der Waals surface area contributed by atoms with Crippen LogP contribution < -0.4 is 0 Å². The van der Waals surface area contributed by atoms with E-state index in [-0.39, 0.29) is 0 Å². The number of hydrogen-bond donors (Lipinski definition) is 0.